The molecule has 2 amide bonds. The van der Waals surface area contributed by atoms with Crippen molar-refractivity contribution in [3.8, 4) is 0 Å². The van der Waals surface area contributed by atoms with E-state index in [9.17, 15) is 35.1 Å². The number of amides is 2. The number of hydrogen-bond donors (Lipinski definition) is 12. The quantitative estimate of drug-likeness (QED) is 0.111. The Morgan fingerprint density at radius 3 is 2.09 bits per heavy atom. The lowest BCUT2D eigenvalue weighted by atomic mass is 9.84. The summed E-state index contributed by atoms with van der Waals surface area (Å²) < 4.78 is 23.2. The Morgan fingerprint density at radius 2 is 1.48 bits per heavy atom. The molecule has 18 heteroatoms. The summed E-state index contributed by atoms with van der Waals surface area (Å²) in [5.41, 5.74) is 31.7. The summed E-state index contributed by atoms with van der Waals surface area (Å²) in [6.07, 6.45) is -13.1. The zero-order valence-electron chi connectivity index (χ0n) is 25.4. The standard InChI is InChI=1S/C28H47N7O11/c1-10-4-2-3-5-11(10)26(42)34-8-16(37)35-19-14(7-29)43-27(18(33)21(19)39)45-24-12(30)6-13(31)25(23(24)41)46-28-22(40)17(32)20(38)15(9-36)44-28/h2-5,12-15,17-25,27-28,36,38-41H,6-9,29-33H2,1H3,(H,34,42)(H,35,37)/t12-,13+,14+,15+,17-,18+,19+,20+,21+,22+,23-,24+,25-,27+,28+/m0/s1. The van der Waals surface area contributed by atoms with Crippen LogP contribution in [0.3, 0.4) is 0 Å². The van der Waals surface area contributed by atoms with Crippen molar-refractivity contribution in [2.75, 3.05) is 19.7 Å². The topological polar surface area (TPSA) is 326 Å². The van der Waals surface area contributed by atoms with Crippen molar-refractivity contribution in [3.63, 3.8) is 0 Å². The molecule has 2 saturated heterocycles. The largest absolute Gasteiger partial charge is 0.394 e. The number of aliphatic hydroxyl groups excluding tert-OH is 5. The van der Waals surface area contributed by atoms with Crippen molar-refractivity contribution >= 4 is 11.8 Å². The summed E-state index contributed by atoms with van der Waals surface area (Å²) in [5.74, 6) is -1.07. The van der Waals surface area contributed by atoms with Gasteiger partial charge in [-0.15, -0.1) is 0 Å². The van der Waals surface area contributed by atoms with Crippen LogP contribution < -0.4 is 39.3 Å². The van der Waals surface area contributed by atoms with Gasteiger partial charge in [0.15, 0.2) is 12.6 Å². The zero-order valence-corrected chi connectivity index (χ0v) is 25.4. The predicted octanol–water partition coefficient (Wildman–Crippen LogP) is -6.46. The maximum Gasteiger partial charge on any atom is 0.251 e. The maximum atomic E-state index is 12.7. The van der Waals surface area contributed by atoms with E-state index in [0.717, 1.165) is 5.56 Å². The van der Waals surface area contributed by atoms with Gasteiger partial charge in [-0.3, -0.25) is 9.59 Å². The SMILES string of the molecule is Cc1ccccc1C(=O)NCC(=O)N[C@H]1[C@H](O)[C@@H](N)[C@@H](O[C@H]2[C@H](O)[C@@H](O[C@H]3O[C@H](CO)[C@@H](O)[C@H](N)[C@H]3O)[C@H](N)C[C@@H]2N)O[C@@H]1CN. The third-order valence-electron chi connectivity index (χ3n) is 8.73. The van der Waals surface area contributed by atoms with Gasteiger partial charge in [-0.2, -0.15) is 0 Å². The first-order valence-electron chi connectivity index (χ1n) is 15.1. The van der Waals surface area contributed by atoms with E-state index < -0.39 is 117 Å². The molecule has 46 heavy (non-hydrogen) atoms. The number of rotatable bonds is 10. The van der Waals surface area contributed by atoms with Crippen molar-refractivity contribution in [3.05, 3.63) is 35.4 Å². The van der Waals surface area contributed by atoms with E-state index >= 15 is 0 Å². The fourth-order valence-corrected chi connectivity index (χ4v) is 5.97. The second-order valence-electron chi connectivity index (χ2n) is 12.0. The van der Waals surface area contributed by atoms with Crippen LogP contribution in [0.2, 0.25) is 0 Å². The highest BCUT2D eigenvalue weighted by molar-refractivity contribution is 5.97. The molecular formula is C28H47N7O11. The normalized spacial score (nSPS) is 41.5. The predicted molar refractivity (Wildman–Crippen MR) is 159 cm³/mol. The van der Waals surface area contributed by atoms with Crippen LogP contribution in [0.1, 0.15) is 22.3 Å². The number of aryl methyl sites for hydroxylation is 1. The molecule has 0 aromatic heterocycles. The molecule has 1 aliphatic carbocycles. The average molecular weight is 658 g/mol. The van der Waals surface area contributed by atoms with Crippen LogP contribution in [-0.2, 0) is 23.7 Å². The first-order valence-corrected chi connectivity index (χ1v) is 15.1. The number of carbonyl (C=O) groups is 2. The smallest absolute Gasteiger partial charge is 0.251 e. The Hall–Kier alpha value is -2.40. The fraction of sp³-hybridized carbons (Fsp3) is 0.714. The van der Waals surface area contributed by atoms with Gasteiger partial charge in [-0.25, -0.2) is 0 Å². The summed E-state index contributed by atoms with van der Waals surface area (Å²) in [7, 11) is 0. The minimum atomic E-state index is -1.52. The molecule has 0 spiro atoms. The number of carbonyl (C=O) groups excluding carboxylic acids is 2. The third-order valence-corrected chi connectivity index (χ3v) is 8.73. The molecule has 15 atom stereocenters. The first-order chi connectivity index (χ1) is 21.8. The van der Waals surface area contributed by atoms with E-state index in [1.165, 1.54) is 0 Å². The van der Waals surface area contributed by atoms with Crippen LogP contribution in [0, 0.1) is 6.92 Å². The summed E-state index contributed by atoms with van der Waals surface area (Å²) >= 11 is 0. The minimum absolute atomic E-state index is 0.0745. The Kier molecular flexibility index (Phi) is 12.4. The summed E-state index contributed by atoms with van der Waals surface area (Å²) in [6.45, 7) is 0.592. The van der Waals surface area contributed by atoms with E-state index in [0.29, 0.717) is 5.56 Å². The highest BCUT2D eigenvalue weighted by Crippen LogP contribution is 2.31. The van der Waals surface area contributed by atoms with Gasteiger partial charge < -0.3 is 83.8 Å². The van der Waals surface area contributed by atoms with Crippen LogP contribution in [0.25, 0.3) is 0 Å². The lowest BCUT2D eigenvalue weighted by molar-refractivity contribution is -0.315. The first kappa shape index (κ1) is 36.4. The van der Waals surface area contributed by atoms with Gasteiger partial charge in [0.05, 0.1) is 43.5 Å². The van der Waals surface area contributed by atoms with E-state index in [1.54, 1.807) is 31.2 Å². The molecule has 3 fully saturated rings. The Bertz CT molecular complexity index is 1180. The molecule has 1 saturated carbocycles. The van der Waals surface area contributed by atoms with Crippen LogP contribution >= 0.6 is 0 Å². The van der Waals surface area contributed by atoms with E-state index in [2.05, 4.69) is 10.6 Å². The van der Waals surface area contributed by atoms with Crippen molar-refractivity contribution in [2.45, 2.75) is 105 Å². The Balaban J connectivity index is 1.38. The van der Waals surface area contributed by atoms with Crippen LogP contribution in [0.5, 0.6) is 0 Å². The van der Waals surface area contributed by atoms with Crippen LogP contribution in [0.4, 0.5) is 0 Å². The average Bonchev–Trinajstić information content (AvgIpc) is 3.03. The monoisotopic (exact) mass is 657 g/mol. The van der Waals surface area contributed by atoms with Gasteiger partial charge in [-0.1, -0.05) is 18.2 Å². The minimum Gasteiger partial charge on any atom is -0.394 e. The molecular weight excluding hydrogens is 610 g/mol. The molecule has 0 bridgehead atoms. The highest BCUT2D eigenvalue weighted by Gasteiger charge is 2.51. The van der Waals surface area contributed by atoms with Crippen molar-refractivity contribution < 1.29 is 54.1 Å². The van der Waals surface area contributed by atoms with Gasteiger partial charge >= 0.3 is 0 Å². The van der Waals surface area contributed by atoms with Crippen molar-refractivity contribution in [2.24, 2.45) is 28.7 Å². The molecule has 0 unspecified atom stereocenters. The number of nitrogens with two attached hydrogens (primary N) is 5. The molecule has 2 aliphatic heterocycles. The third kappa shape index (κ3) is 7.83. The van der Waals surface area contributed by atoms with E-state index in [4.69, 9.17) is 47.6 Å². The zero-order chi connectivity index (χ0) is 33.9. The number of hydrogen-bond acceptors (Lipinski definition) is 16. The van der Waals surface area contributed by atoms with Gasteiger partial charge in [0.25, 0.3) is 5.91 Å². The molecule has 4 rings (SSSR count). The Labute approximate surface area is 265 Å². The molecule has 17 N–H and O–H groups in total. The number of aliphatic hydroxyl groups is 5. The van der Waals surface area contributed by atoms with Gasteiger partial charge in [0, 0.05) is 24.2 Å². The lowest BCUT2D eigenvalue weighted by Crippen LogP contribution is -2.71. The molecule has 3 aliphatic rings. The number of benzene rings is 1. The van der Waals surface area contributed by atoms with Crippen molar-refractivity contribution in [1.29, 1.82) is 0 Å². The van der Waals surface area contributed by atoms with Gasteiger partial charge in [0.1, 0.15) is 36.6 Å². The summed E-state index contributed by atoms with van der Waals surface area (Å²) in [4.78, 5) is 25.2. The molecule has 260 valence electrons. The molecule has 18 nitrogen and oxygen atoms in total. The van der Waals surface area contributed by atoms with E-state index in [-0.39, 0.29) is 13.0 Å². The molecule has 1 aromatic carbocycles. The van der Waals surface area contributed by atoms with Crippen LogP contribution in [-0.4, -0.2) is 149 Å². The van der Waals surface area contributed by atoms with Gasteiger partial charge in [-0.05, 0) is 25.0 Å². The summed E-state index contributed by atoms with van der Waals surface area (Å²) in [6, 6.07) is 1.63. The van der Waals surface area contributed by atoms with Gasteiger partial charge in [0.2, 0.25) is 5.91 Å². The molecule has 1 aromatic rings. The fourth-order valence-electron chi connectivity index (χ4n) is 5.97. The second kappa shape index (κ2) is 15.7. The Morgan fingerprint density at radius 1 is 0.870 bits per heavy atom. The van der Waals surface area contributed by atoms with Crippen LogP contribution in [0.15, 0.2) is 24.3 Å². The second-order valence-corrected chi connectivity index (χ2v) is 12.0. The molecule has 0 radical (unpaired) electrons. The van der Waals surface area contributed by atoms with E-state index in [1.807, 2.05) is 0 Å². The maximum absolute atomic E-state index is 12.7. The van der Waals surface area contributed by atoms with Crippen molar-refractivity contribution in [1.82, 2.24) is 10.6 Å². The number of nitrogens with one attached hydrogen (secondary N) is 2. The number of ether oxygens (including phenoxy) is 4. The molecule has 2 heterocycles. The lowest BCUT2D eigenvalue weighted by Gasteiger charge is -2.48. The summed E-state index contributed by atoms with van der Waals surface area (Å²) in [5, 5.41) is 57.6. The highest BCUT2D eigenvalue weighted by atomic mass is 16.7.